The van der Waals surface area contributed by atoms with Crippen LogP contribution in [-0.4, -0.2) is 26.1 Å². The summed E-state index contributed by atoms with van der Waals surface area (Å²) in [5.74, 6) is 1.59. The second-order valence-corrected chi connectivity index (χ2v) is 6.14. The molecule has 0 radical (unpaired) electrons. The van der Waals surface area contributed by atoms with Crippen molar-refractivity contribution >= 4 is 29.1 Å². The summed E-state index contributed by atoms with van der Waals surface area (Å²) in [7, 11) is 1.67. The number of benzene rings is 2. The Hall–Kier alpha value is -1.78. The zero-order chi connectivity index (χ0) is 16.1. The number of carbonyl (C=O) groups excluding carboxylic acids is 1. The minimum atomic E-state index is 0. The lowest BCUT2D eigenvalue weighted by Crippen LogP contribution is -2.24. The lowest BCUT2D eigenvalue weighted by Gasteiger charge is -2.13. The largest absolute Gasteiger partial charge is 0.496 e. The summed E-state index contributed by atoms with van der Waals surface area (Å²) in [6.45, 7) is 2.64. The number of halogens is 1. The zero-order valence-electron chi connectivity index (χ0n) is 14.0. The molecule has 1 atom stereocenters. The lowest BCUT2D eigenvalue weighted by molar-refractivity contribution is -0.121. The predicted octanol–water partition coefficient (Wildman–Crippen LogP) is 3.28. The molecule has 1 saturated heterocycles. The summed E-state index contributed by atoms with van der Waals surface area (Å²) in [4.78, 5) is 12.1. The topological polar surface area (TPSA) is 50.4 Å². The summed E-state index contributed by atoms with van der Waals surface area (Å²) < 4.78 is 5.47. The SMILES string of the molecule is COc1ccc2ccccc2c1CNC(=O)CCC1CCNC1.Cl. The minimum absolute atomic E-state index is 0. The van der Waals surface area contributed by atoms with Crippen molar-refractivity contribution in [3.05, 3.63) is 42.0 Å². The van der Waals surface area contributed by atoms with Crippen molar-refractivity contribution in [3.63, 3.8) is 0 Å². The smallest absolute Gasteiger partial charge is 0.220 e. The molecule has 2 aromatic rings. The first-order valence-corrected chi connectivity index (χ1v) is 8.30. The van der Waals surface area contributed by atoms with Gasteiger partial charge in [-0.25, -0.2) is 0 Å². The van der Waals surface area contributed by atoms with Gasteiger partial charge in [0.1, 0.15) is 5.75 Å². The van der Waals surface area contributed by atoms with E-state index in [1.54, 1.807) is 7.11 Å². The molecule has 0 bridgehead atoms. The van der Waals surface area contributed by atoms with Crippen molar-refractivity contribution in [1.82, 2.24) is 10.6 Å². The van der Waals surface area contributed by atoms with Gasteiger partial charge in [0, 0.05) is 18.5 Å². The molecule has 1 amide bonds. The van der Waals surface area contributed by atoms with Crippen molar-refractivity contribution < 1.29 is 9.53 Å². The fourth-order valence-corrected chi connectivity index (χ4v) is 3.26. The van der Waals surface area contributed by atoms with Crippen LogP contribution in [0, 0.1) is 5.92 Å². The van der Waals surface area contributed by atoms with E-state index >= 15 is 0 Å². The fraction of sp³-hybridized carbons (Fsp3) is 0.421. The molecule has 1 unspecified atom stereocenters. The van der Waals surface area contributed by atoms with Crippen LogP contribution in [0.25, 0.3) is 10.8 Å². The monoisotopic (exact) mass is 348 g/mol. The molecule has 2 N–H and O–H groups in total. The predicted molar refractivity (Wildman–Crippen MR) is 99.8 cm³/mol. The molecule has 24 heavy (non-hydrogen) atoms. The Labute approximate surface area is 149 Å². The summed E-state index contributed by atoms with van der Waals surface area (Å²) >= 11 is 0. The van der Waals surface area contributed by atoms with Crippen molar-refractivity contribution in [2.45, 2.75) is 25.8 Å². The van der Waals surface area contributed by atoms with Gasteiger partial charge in [-0.2, -0.15) is 0 Å². The van der Waals surface area contributed by atoms with E-state index in [1.807, 2.05) is 24.3 Å². The molecule has 3 rings (SSSR count). The Morgan fingerprint density at radius 2 is 2.12 bits per heavy atom. The Bertz CT molecular complexity index is 684. The molecule has 1 aliphatic rings. The summed E-state index contributed by atoms with van der Waals surface area (Å²) in [5.41, 5.74) is 1.04. The molecule has 0 aromatic heterocycles. The lowest BCUT2D eigenvalue weighted by atomic mass is 10.0. The van der Waals surface area contributed by atoms with Crippen LogP contribution in [0.2, 0.25) is 0 Å². The van der Waals surface area contributed by atoms with Gasteiger partial charge in [0.2, 0.25) is 5.91 Å². The molecule has 0 spiro atoms. The second kappa shape index (κ2) is 8.90. The molecular formula is C19H25ClN2O2. The average Bonchev–Trinajstić information content (AvgIpc) is 3.11. The molecule has 5 heteroatoms. The third-order valence-electron chi connectivity index (χ3n) is 4.62. The normalized spacial score (nSPS) is 16.6. The second-order valence-electron chi connectivity index (χ2n) is 6.14. The number of amides is 1. The highest BCUT2D eigenvalue weighted by Gasteiger charge is 2.16. The van der Waals surface area contributed by atoms with E-state index in [0.717, 1.165) is 41.6 Å². The van der Waals surface area contributed by atoms with Gasteiger partial charge in [0.15, 0.2) is 0 Å². The van der Waals surface area contributed by atoms with Gasteiger partial charge in [-0.15, -0.1) is 12.4 Å². The highest BCUT2D eigenvalue weighted by atomic mass is 35.5. The molecule has 0 saturated carbocycles. The number of carbonyl (C=O) groups is 1. The number of fused-ring (bicyclic) bond motifs is 1. The highest BCUT2D eigenvalue weighted by Crippen LogP contribution is 2.27. The van der Waals surface area contributed by atoms with Gasteiger partial charge in [-0.3, -0.25) is 4.79 Å². The summed E-state index contributed by atoms with van der Waals surface area (Å²) in [6, 6.07) is 12.2. The van der Waals surface area contributed by atoms with Crippen LogP contribution in [0.4, 0.5) is 0 Å². The summed E-state index contributed by atoms with van der Waals surface area (Å²) in [6.07, 6.45) is 2.75. The Kier molecular flexibility index (Phi) is 6.88. The van der Waals surface area contributed by atoms with Crippen molar-refractivity contribution in [2.75, 3.05) is 20.2 Å². The molecule has 130 valence electrons. The zero-order valence-corrected chi connectivity index (χ0v) is 14.8. The van der Waals surface area contributed by atoms with Crippen molar-refractivity contribution in [2.24, 2.45) is 5.92 Å². The molecule has 1 aliphatic heterocycles. The first kappa shape index (κ1) is 18.6. The maximum absolute atomic E-state index is 12.1. The maximum Gasteiger partial charge on any atom is 0.220 e. The molecule has 2 aromatic carbocycles. The minimum Gasteiger partial charge on any atom is -0.496 e. The van der Waals surface area contributed by atoms with Gasteiger partial charge in [-0.05, 0) is 48.7 Å². The maximum atomic E-state index is 12.1. The van der Waals surface area contributed by atoms with Gasteiger partial charge < -0.3 is 15.4 Å². The number of hydrogen-bond acceptors (Lipinski definition) is 3. The van der Waals surface area contributed by atoms with Crippen LogP contribution < -0.4 is 15.4 Å². The Morgan fingerprint density at radius 3 is 2.88 bits per heavy atom. The van der Waals surface area contributed by atoms with E-state index in [-0.39, 0.29) is 18.3 Å². The number of rotatable bonds is 6. The molecule has 0 aliphatic carbocycles. The first-order chi connectivity index (χ1) is 11.3. The Morgan fingerprint density at radius 1 is 1.29 bits per heavy atom. The highest BCUT2D eigenvalue weighted by molar-refractivity contribution is 5.88. The summed E-state index contributed by atoms with van der Waals surface area (Å²) in [5, 5.41) is 8.68. The van der Waals surface area contributed by atoms with Crippen molar-refractivity contribution in [1.29, 1.82) is 0 Å². The molecule has 1 fully saturated rings. The van der Waals surface area contributed by atoms with Crippen LogP contribution in [0.1, 0.15) is 24.8 Å². The van der Waals surface area contributed by atoms with Gasteiger partial charge >= 0.3 is 0 Å². The fourth-order valence-electron chi connectivity index (χ4n) is 3.26. The number of nitrogens with one attached hydrogen (secondary N) is 2. The van der Waals surface area contributed by atoms with Gasteiger partial charge in [-0.1, -0.05) is 30.3 Å². The van der Waals surface area contributed by atoms with Crippen LogP contribution in [-0.2, 0) is 11.3 Å². The number of ether oxygens (including phenoxy) is 1. The van der Waals surface area contributed by atoms with E-state index in [1.165, 1.54) is 6.42 Å². The molecule has 1 heterocycles. The van der Waals surface area contributed by atoms with Crippen LogP contribution in [0.5, 0.6) is 5.75 Å². The molecule has 4 nitrogen and oxygen atoms in total. The van der Waals surface area contributed by atoms with Crippen LogP contribution >= 0.6 is 12.4 Å². The Balaban J connectivity index is 0.00000208. The van der Waals surface area contributed by atoms with Gasteiger partial charge in [0.25, 0.3) is 0 Å². The standard InChI is InChI=1S/C19H24N2O2.ClH/c1-23-18-8-7-15-4-2-3-5-16(15)17(18)13-21-19(22)9-6-14-10-11-20-12-14;/h2-5,7-8,14,20H,6,9-13H2,1H3,(H,21,22);1H. The van der Waals surface area contributed by atoms with E-state index in [4.69, 9.17) is 4.74 Å². The van der Waals surface area contributed by atoms with E-state index in [2.05, 4.69) is 22.8 Å². The molecular weight excluding hydrogens is 324 g/mol. The number of hydrogen-bond donors (Lipinski definition) is 2. The van der Waals surface area contributed by atoms with E-state index in [9.17, 15) is 4.79 Å². The number of methoxy groups -OCH3 is 1. The van der Waals surface area contributed by atoms with Gasteiger partial charge in [0.05, 0.1) is 7.11 Å². The third kappa shape index (κ3) is 4.40. The van der Waals surface area contributed by atoms with Crippen LogP contribution in [0.15, 0.2) is 36.4 Å². The van der Waals surface area contributed by atoms with E-state index in [0.29, 0.717) is 18.9 Å². The van der Waals surface area contributed by atoms with E-state index < -0.39 is 0 Å². The van der Waals surface area contributed by atoms with Crippen molar-refractivity contribution in [3.8, 4) is 5.75 Å². The third-order valence-corrected chi connectivity index (χ3v) is 4.62. The first-order valence-electron chi connectivity index (χ1n) is 8.30. The van der Waals surface area contributed by atoms with Crippen LogP contribution in [0.3, 0.4) is 0 Å². The average molecular weight is 349 g/mol. The quantitative estimate of drug-likeness (QED) is 0.842.